The van der Waals surface area contributed by atoms with E-state index in [1.807, 2.05) is 36.4 Å². The highest BCUT2D eigenvalue weighted by Gasteiger charge is 2.08. The van der Waals surface area contributed by atoms with Gasteiger partial charge in [0.15, 0.2) is 11.5 Å². The summed E-state index contributed by atoms with van der Waals surface area (Å²) in [4.78, 5) is 19.4. The van der Waals surface area contributed by atoms with Gasteiger partial charge in [-0.3, -0.25) is 14.8 Å². The maximum Gasteiger partial charge on any atom is 0.162 e. The van der Waals surface area contributed by atoms with E-state index in [1.54, 1.807) is 30.6 Å². The van der Waals surface area contributed by atoms with Gasteiger partial charge in [0.2, 0.25) is 0 Å². The van der Waals surface area contributed by atoms with Gasteiger partial charge in [-0.15, -0.1) is 0 Å². The molecule has 5 nitrogen and oxygen atoms in total. The van der Waals surface area contributed by atoms with Gasteiger partial charge in [-0.05, 0) is 42.5 Å². The fourth-order valence-electron chi connectivity index (χ4n) is 2.10. The van der Waals surface area contributed by atoms with Crippen molar-refractivity contribution in [3.05, 3.63) is 83.9 Å². The van der Waals surface area contributed by atoms with E-state index in [0.717, 1.165) is 17.7 Å². The molecule has 1 aromatic carbocycles. The lowest BCUT2D eigenvalue weighted by molar-refractivity contribution is 0.112. The zero-order valence-corrected chi connectivity index (χ0v) is 13.0. The smallest absolute Gasteiger partial charge is 0.162 e. The molecule has 0 N–H and O–H groups in total. The van der Waals surface area contributed by atoms with Gasteiger partial charge in [-0.2, -0.15) is 0 Å². The predicted octanol–water partition coefficient (Wildman–Crippen LogP) is 3.45. The highest BCUT2D eigenvalue weighted by atomic mass is 16.5. The Labute approximate surface area is 139 Å². The normalized spacial score (nSPS) is 10.2. The summed E-state index contributed by atoms with van der Waals surface area (Å²) in [6, 6.07) is 16.3. The molecule has 2 aromatic heterocycles. The van der Waals surface area contributed by atoms with E-state index in [0.29, 0.717) is 30.3 Å². The molecule has 0 aliphatic heterocycles. The topological polar surface area (TPSA) is 61.3 Å². The van der Waals surface area contributed by atoms with Gasteiger partial charge in [-0.1, -0.05) is 12.1 Å². The molecule has 2 heterocycles. The fraction of sp³-hybridized carbons (Fsp3) is 0.105. The van der Waals surface area contributed by atoms with Crippen LogP contribution in [0.15, 0.2) is 67.0 Å². The van der Waals surface area contributed by atoms with Crippen molar-refractivity contribution in [2.75, 3.05) is 0 Å². The number of carbonyl (C=O) groups is 1. The van der Waals surface area contributed by atoms with Crippen LogP contribution in [0.1, 0.15) is 21.7 Å². The zero-order chi connectivity index (χ0) is 16.6. The molecule has 0 radical (unpaired) electrons. The van der Waals surface area contributed by atoms with Gasteiger partial charge in [0, 0.05) is 18.0 Å². The molecular formula is C19H16N2O3. The Balaban J connectivity index is 1.74. The van der Waals surface area contributed by atoms with E-state index >= 15 is 0 Å². The Bertz CT molecular complexity index is 792. The number of hydrogen-bond acceptors (Lipinski definition) is 5. The second kappa shape index (κ2) is 7.87. The minimum Gasteiger partial charge on any atom is -0.483 e. The Morgan fingerprint density at radius 1 is 0.792 bits per heavy atom. The minimum absolute atomic E-state index is 0.295. The van der Waals surface area contributed by atoms with E-state index in [2.05, 4.69) is 9.97 Å². The van der Waals surface area contributed by atoms with E-state index in [1.165, 1.54) is 0 Å². The van der Waals surface area contributed by atoms with Crippen LogP contribution in [-0.4, -0.2) is 16.3 Å². The average molecular weight is 320 g/mol. The average Bonchev–Trinajstić information content (AvgIpc) is 2.66. The molecule has 0 saturated heterocycles. The third-order valence-electron chi connectivity index (χ3n) is 3.31. The monoisotopic (exact) mass is 320 g/mol. The zero-order valence-electron chi connectivity index (χ0n) is 13.0. The molecule has 0 saturated carbocycles. The number of rotatable bonds is 7. The standard InChI is InChI=1S/C19H16N2O3/c22-12-15-7-8-18(23-13-16-5-1-3-9-20-16)19(11-15)24-14-17-6-2-4-10-21-17/h1-12H,13-14H2. The van der Waals surface area contributed by atoms with Crippen LogP contribution < -0.4 is 9.47 Å². The van der Waals surface area contributed by atoms with Crippen molar-refractivity contribution in [1.82, 2.24) is 9.97 Å². The second-order valence-electron chi connectivity index (χ2n) is 5.04. The third-order valence-corrected chi connectivity index (χ3v) is 3.31. The summed E-state index contributed by atoms with van der Waals surface area (Å²) in [7, 11) is 0. The number of aldehydes is 1. The SMILES string of the molecule is O=Cc1ccc(OCc2ccccn2)c(OCc2ccccn2)c1. The van der Waals surface area contributed by atoms with Crippen molar-refractivity contribution in [3.63, 3.8) is 0 Å². The number of aromatic nitrogens is 2. The summed E-state index contributed by atoms with van der Waals surface area (Å²) < 4.78 is 11.6. The maximum absolute atomic E-state index is 11.0. The molecule has 0 spiro atoms. The molecule has 0 unspecified atom stereocenters. The quantitative estimate of drug-likeness (QED) is 0.624. The lowest BCUT2D eigenvalue weighted by Gasteiger charge is -2.13. The van der Waals surface area contributed by atoms with Crippen LogP contribution in [0.5, 0.6) is 11.5 Å². The predicted molar refractivity (Wildman–Crippen MR) is 89.0 cm³/mol. The molecule has 0 aliphatic rings. The Morgan fingerprint density at radius 2 is 1.42 bits per heavy atom. The molecule has 5 heteroatoms. The Morgan fingerprint density at radius 3 is 1.96 bits per heavy atom. The van der Waals surface area contributed by atoms with Crippen molar-refractivity contribution in [2.24, 2.45) is 0 Å². The van der Waals surface area contributed by atoms with Crippen LogP contribution in [0.25, 0.3) is 0 Å². The molecule has 3 rings (SSSR count). The number of benzene rings is 1. The number of carbonyl (C=O) groups excluding carboxylic acids is 1. The van der Waals surface area contributed by atoms with Gasteiger partial charge in [0.05, 0.1) is 11.4 Å². The number of ether oxygens (including phenoxy) is 2. The van der Waals surface area contributed by atoms with Gasteiger partial charge < -0.3 is 9.47 Å². The van der Waals surface area contributed by atoms with E-state index < -0.39 is 0 Å². The van der Waals surface area contributed by atoms with Crippen molar-refractivity contribution < 1.29 is 14.3 Å². The van der Waals surface area contributed by atoms with E-state index in [-0.39, 0.29) is 0 Å². The lowest BCUT2D eigenvalue weighted by Crippen LogP contribution is -2.03. The molecule has 0 aliphatic carbocycles. The van der Waals surface area contributed by atoms with Gasteiger partial charge in [-0.25, -0.2) is 0 Å². The first kappa shape index (κ1) is 15.7. The van der Waals surface area contributed by atoms with Gasteiger partial charge >= 0.3 is 0 Å². The first-order valence-electron chi connectivity index (χ1n) is 7.50. The van der Waals surface area contributed by atoms with Crippen LogP contribution in [0, 0.1) is 0 Å². The summed E-state index contributed by atoms with van der Waals surface area (Å²) >= 11 is 0. The molecule has 3 aromatic rings. The molecule has 24 heavy (non-hydrogen) atoms. The van der Waals surface area contributed by atoms with Crippen LogP contribution in [0.3, 0.4) is 0 Å². The molecule has 0 fully saturated rings. The van der Waals surface area contributed by atoms with E-state index in [4.69, 9.17) is 9.47 Å². The number of pyridine rings is 2. The molecular weight excluding hydrogens is 304 g/mol. The summed E-state index contributed by atoms with van der Waals surface area (Å²) in [5.74, 6) is 1.06. The highest BCUT2D eigenvalue weighted by molar-refractivity contribution is 5.76. The van der Waals surface area contributed by atoms with Gasteiger partial charge in [0.25, 0.3) is 0 Å². The van der Waals surface area contributed by atoms with Crippen LogP contribution in [-0.2, 0) is 13.2 Å². The van der Waals surface area contributed by atoms with E-state index in [9.17, 15) is 4.79 Å². The number of hydrogen-bond donors (Lipinski definition) is 0. The summed E-state index contributed by atoms with van der Waals surface area (Å²) in [6.07, 6.45) is 4.20. The van der Waals surface area contributed by atoms with Gasteiger partial charge in [0.1, 0.15) is 19.5 Å². The van der Waals surface area contributed by atoms with Crippen molar-refractivity contribution >= 4 is 6.29 Å². The largest absolute Gasteiger partial charge is 0.483 e. The maximum atomic E-state index is 11.0. The summed E-state index contributed by atoms with van der Waals surface area (Å²) in [6.45, 7) is 0.615. The van der Waals surface area contributed by atoms with Crippen molar-refractivity contribution in [2.45, 2.75) is 13.2 Å². The summed E-state index contributed by atoms with van der Waals surface area (Å²) in [5.41, 5.74) is 2.13. The summed E-state index contributed by atoms with van der Waals surface area (Å²) in [5, 5.41) is 0. The van der Waals surface area contributed by atoms with Crippen molar-refractivity contribution in [1.29, 1.82) is 0 Å². The Kier molecular flexibility index (Phi) is 5.14. The molecule has 0 amide bonds. The molecule has 0 atom stereocenters. The van der Waals surface area contributed by atoms with Crippen LogP contribution >= 0.6 is 0 Å². The fourth-order valence-corrected chi connectivity index (χ4v) is 2.10. The third kappa shape index (κ3) is 4.16. The second-order valence-corrected chi connectivity index (χ2v) is 5.04. The molecule has 120 valence electrons. The van der Waals surface area contributed by atoms with Crippen LogP contribution in [0.4, 0.5) is 0 Å². The Hall–Kier alpha value is -3.21. The van der Waals surface area contributed by atoms with Crippen molar-refractivity contribution in [3.8, 4) is 11.5 Å². The minimum atomic E-state index is 0.295. The first-order valence-corrected chi connectivity index (χ1v) is 7.50. The van der Waals surface area contributed by atoms with Crippen LogP contribution in [0.2, 0.25) is 0 Å². The lowest BCUT2D eigenvalue weighted by atomic mass is 10.2. The number of nitrogens with zero attached hydrogens (tertiary/aromatic N) is 2. The highest BCUT2D eigenvalue weighted by Crippen LogP contribution is 2.29. The molecule has 0 bridgehead atoms. The first-order chi connectivity index (χ1) is 11.8.